The van der Waals surface area contributed by atoms with Gasteiger partial charge in [0, 0.05) is 38.9 Å². The van der Waals surface area contributed by atoms with Crippen LogP contribution in [0.2, 0.25) is 0 Å². The van der Waals surface area contributed by atoms with Crippen LogP contribution in [0, 0.1) is 0 Å². The van der Waals surface area contributed by atoms with Crippen LogP contribution >= 0.6 is 0 Å². The fourth-order valence-corrected chi connectivity index (χ4v) is 2.72. The molecule has 0 saturated carbocycles. The standard InChI is InChI=1S/C16H23N3O4/c1-10(20)18-14-5-4-11(8-12(14)16(21)23-3)19-7-6-13(17)15(9-19)22-2/h4-5,8,13,15H,6-7,9,17H2,1-3H3,(H,18,20). The summed E-state index contributed by atoms with van der Waals surface area (Å²) in [5.74, 6) is -0.737. The molecule has 1 aromatic rings. The number of carbonyl (C=O) groups excluding carboxylic acids is 2. The summed E-state index contributed by atoms with van der Waals surface area (Å²) in [6.07, 6.45) is 0.750. The molecular weight excluding hydrogens is 298 g/mol. The molecule has 0 aromatic heterocycles. The lowest BCUT2D eigenvalue weighted by Crippen LogP contribution is -2.51. The molecule has 23 heavy (non-hydrogen) atoms. The summed E-state index contributed by atoms with van der Waals surface area (Å²) in [5.41, 5.74) is 7.66. The van der Waals surface area contributed by atoms with E-state index in [1.807, 2.05) is 6.07 Å². The summed E-state index contributed by atoms with van der Waals surface area (Å²) in [5, 5.41) is 2.64. The summed E-state index contributed by atoms with van der Waals surface area (Å²) in [4.78, 5) is 25.4. The van der Waals surface area contributed by atoms with Crippen molar-refractivity contribution in [2.75, 3.05) is 37.5 Å². The van der Waals surface area contributed by atoms with Gasteiger partial charge >= 0.3 is 5.97 Å². The Morgan fingerprint density at radius 2 is 2.09 bits per heavy atom. The Balaban J connectivity index is 2.29. The summed E-state index contributed by atoms with van der Waals surface area (Å²) in [7, 11) is 2.96. The van der Waals surface area contributed by atoms with Crippen molar-refractivity contribution in [1.82, 2.24) is 0 Å². The minimum atomic E-state index is -0.493. The van der Waals surface area contributed by atoms with Gasteiger partial charge < -0.3 is 25.4 Å². The lowest BCUT2D eigenvalue weighted by atomic mass is 10.0. The summed E-state index contributed by atoms with van der Waals surface area (Å²) in [6, 6.07) is 5.30. The number of carbonyl (C=O) groups is 2. The highest BCUT2D eigenvalue weighted by Crippen LogP contribution is 2.27. The molecular formula is C16H23N3O4. The van der Waals surface area contributed by atoms with Gasteiger partial charge in [-0.25, -0.2) is 4.79 Å². The van der Waals surface area contributed by atoms with E-state index in [-0.39, 0.29) is 18.1 Å². The van der Waals surface area contributed by atoms with Gasteiger partial charge in [0.2, 0.25) is 5.91 Å². The molecule has 0 radical (unpaired) electrons. The summed E-state index contributed by atoms with van der Waals surface area (Å²) in [6.45, 7) is 2.82. The second-order valence-electron chi connectivity index (χ2n) is 5.58. The van der Waals surface area contributed by atoms with E-state index in [1.54, 1.807) is 19.2 Å². The molecule has 2 unspecified atom stereocenters. The van der Waals surface area contributed by atoms with Gasteiger partial charge in [0.15, 0.2) is 0 Å². The second-order valence-corrected chi connectivity index (χ2v) is 5.58. The number of esters is 1. The maximum absolute atomic E-state index is 12.0. The van der Waals surface area contributed by atoms with E-state index >= 15 is 0 Å². The van der Waals surface area contributed by atoms with E-state index in [4.69, 9.17) is 15.2 Å². The minimum Gasteiger partial charge on any atom is -0.465 e. The number of methoxy groups -OCH3 is 2. The van der Waals surface area contributed by atoms with Crippen molar-refractivity contribution in [3.05, 3.63) is 23.8 Å². The normalized spacial score (nSPS) is 21.0. The van der Waals surface area contributed by atoms with E-state index in [2.05, 4.69) is 10.2 Å². The number of nitrogens with zero attached hydrogens (tertiary/aromatic N) is 1. The predicted octanol–water partition coefficient (Wildman–Crippen LogP) is 0.984. The molecule has 7 heteroatoms. The smallest absolute Gasteiger partial charge is 0.340 e. The Labute approximate surface area is 135 Å². The Bertz CT molecular complexity index is 591. The van der Waals surface area contributed by atoms with Gasteiger partial charge in [-0.3, -0.25) is 4.79 Å². The number of anilines is 2. The number of nitrogens with two attached hydrogens (primary N) is 1. The SMILES string of the molecule is COC(=O)c1cc(N2CCC(N)C(OC)C2)ccc1NC(C)=O. The monoisotopic (exact) mass is 321 g/mol. The molecule has 2 rings (SSSR count). The Morgan fingerprint density at radius 1 is 1.35 bits per heavy atom. The molecule has 1 amide bonds. The zero-order chi connectivity index (χ0) is 17.0. The quantitative estimate of drug-likeness (QED) is 0.803. The Morgan fingerprint density at radius 3 is 2.70 bits per heavy atom. The van der Waals surface area contributed by atoms with Gasteiger partial charge in [-0.1, -0.05) is 0 Å². The van der Waals surface area contributed by atoms with Crippen molar-refractivity contribution < 1.29 is 19.1 Å². The second kappa shape index (κ2) is 7.43. The average molecular weight is 321 g/mol. The molecule has 126 valence electrons. The van der Waals surface area contributed by atoms with Gasteiger partial charge in [0.25, 0.3) is 0 Å². The molecule has 3 N–H and O–H groups in total. The topological polar surface area (TPSA) is 93.9 Å². The fourth-order valence-electron chi connectivity index (χ4n) is 2.72. The zero-order valence-corrected chi connectivity index (χ0v) is 13.7. The van der Waals surface area contributed by atoms with Crippen molar-refractivity contribution in [2.45, 2.75) is 25.5 Å². The average Bonchev–Trinajstić information content (AvgIpc) is 2.54. The molecule has 1 heterocycles. The molecule has 7 nitrogen and oxygen atoms in total. The van der Waals surface area contributed by atoms with Crippen molar-refractivity contribution in [1.29, 1.82) is 0 Å². The first-order valence-corrected chi connectivity index (χ1v) is 7.49. The minimum absolute atomic E-state index is 0.00924. The zero-order valence-electron chi connectivity index (χ0n) is 13.7. The third kappa shape index (κ3) is 4.00. The third-order valence-electron chi connectivity index (χ3n) is 4.00. The van der Waals surface area contributed by atoms with Crippen molar-refractivity contribution in [3.63, 3.8) is 0 Å². The van der Waals surface area contributed by atoms with Crippen LogP contribution in [0.25, 0.3) is 0 Å². The molecule has 1 fully saturated rings. The number of piperidine rings is 1. The van der Waals surface area contributed by atoms with E-state index in [0.29, 0.717) is 17.8 Å². The maximum atomic E-state index is 12.0. The van der Waals surface area contributed by atoms with Gasteiger partial charge in [0.1, 0.15) is 0 Å². The van der Waals surface area contributed by atoms with E-state index < -0.39 is 5.97 Å². The van der Waals surface area contributed by atoms with Gasteiger partial charge in [-0.05, 0) is 24.6 Å². The Kier molecular flexibility index (Phi) is 5.57. The van der Waals surface area contributed by atoms with Crippen LogP contribution in [-0.4, -0.2) is 51.3 Å². The molecule has 0 aliphatic carbocycles. The van der Waals surface area contributed by atoms with Crippen molar-refractivity contribution in [3.8, 4) is 0 Å². The maximum Gasteiger partial charge on any atom is 0.340 e. The van der Waals surface area contributed by atoms with Crippen LogP contribution < -0.4 is 16.0 Å². The molecule has 1 saturated heterocycles. The van der Waals surface area contributed by atoms with Crippen LogP contribution in [0.1, 0.15) is 23.7 Å². The third-order valence-corrected chi connectivity index (χ3v) is 4.00. The van der Waals surface area contributed by atoms with Crippen LogP contribution in [0.4, 0.5) is 11.4 Å². The molecule has 0 bridgehead atoms. The largest absolute Gasteiger partial charge is 0.465 e. The first-order chi connectivity index (χ1) is 11.0. The highest BCUT2D eigenvalue weighted by atomic mass is 16.5. The van der Waals surface area contributed by atoms with Crippen LogP contribution in [0.5, 0.6) is 0 Å². The van der Waals surface area contributed by atoms with Crippen molar-refractivity contribution >= 4 is 23.3 Å². The fraction of sp³-hybridized carbons (Fsp3) is 0.500. The van der Waals surface area contributed by atoms with Crippen LogP contribution in [0.15, 0.2) is 18.2 Å². The van der Waals surface area contributed by atoms with Crippen molar-refractivity contribution in [2.24, 2.45) is 5.73 Å². The first-order valence-electron chi connectivity index (χ1n) is 7.49. The summed E-state index contributed by atoms with van der Waals surface area (Å²) < 4.78 is 10.2. The molecule has 2 atom stereocenters. The van der Waals surface area contributed by atoms with Gasteiger partial charge in [-0.15, -0.1) is 0 Å². The summed E-state index contributed by atoms with van der Waals surface area (Å²) >= 11 is 0. The lowest BCUT2D eigenvalue weighted by molar-refractivity contribution is -0.114. The van der Waals surface area contributed by atoms with Crippen LogP contribution in [0.3, 0.4) is 0 Å². The number of ether oxygens (including phenoxy) is 2. The van der Waals surface area contributed by atoms with E-state index in [1.165, 1.54) is 14.0 Å². The predicted molar refractivity (Wildman–Crippen MR) is 87.7 cm³/mol. The number of benzene rings is 1. The molecule has 1 aliphatic heterocycles. The Hall–Kier alpha value is -2.12. The van der Waals surface area contributed by atoms with Crippen LogP contribution in [-0.2, 0) is 14.3 Å². The number of amides is 1. The first kappa shape index (κ1) is 17.2. The number of nitrogens with one attached hydrogen (secondary N) is 1. The van der Waals surface area contributed by atoms with Gasteiger partial charge in [0.05, 0.1) is 24.5 Å². The van der Waals surface area contributed by atoms with E-state index in [0.717, 1.165) is 18.7 Å². The number of hydrogen-bond donors (Lipinski definition) is 2. The molecule has 1 aliphatic rings. The molecule has 1 aromatic carbocycles. The van der Waals surface area contributed by atoms with Gasteiger partial charge in [-0.2, -0.15) is 0 Å². The lowest BCUT2D eigenvalue weighted by Gasteiger charge is -2.37. The number of rotatable bonds is 4. The van der Waals surface area contributed by atoms with E-state index in [9.17, 15) is 9.59 Å². The highest BCUT2D eigenvalue weighted by molar-refractivity contribution is 6.01. The highest BCUT2D eigenvalue weighted by Gasteiger charge is 2.27. The number of hydrogen-bond acceptors (Lipinski definition) is 6. The molecule has 0 spiro atoms.